The van der Waals surface area contributed by atoms with E-state index >= 15 is 0 Å². The summed E-state index contributed by atoms with van der Waals surface area (Å²) in [4.78, 5) is 41.9. The van der Waals surface area contributed by atoms with E-state index in [4.69, 9.17) is 0 Å². The molecule has 2 N–H and O–H groups in total. The zero-order valence-electron chi connectivity index (χ0n) is 17.0. The molecule has 0 aliphatic carbocycles. The first-order valence-electron chi connectivity index (χ1n) is 9.87. The lowest BCUT2D eigenvalue weighted by molar-refractivity contribution is -0.383. The molecule has 2 aromatic rings. The minimum Gasteiger partial charge on any atom is -0.319 e. The highest BCUT2D eigenvalue weighted by molar-refractivity contribution is 5.96. The molecule has 2 amide bonds. The van der Waals surface area contributed by atoms with Gasteiger partial charge in [0.2, 0.25) is 11.8 Å². The SMILES string of the molecule is Cc1ccnc(NC(=O)C2CCN(C(C)C(=O)Nc3ccccc3[N+](=O)[O-])CC2)c1. The van der Waals surface area contributed by atoms with Crippen molar-refractivity contribution in [1.29, 1.82) is 0 Å². The van der Waals surface area contributed by atoms with Crippen LogP contribution in [0.4, 0.5) is 17.2 Å². The van der Waals surface area contributed by atoms with Gasteiger partial charge in [-0.25, -0.2) is 4.98 Å². The van der Waals surface area contributed by atoms with Crippen LogP contribution in [-0.4, -0.2) is 45.8 Å². The lowest BCUT2D eigenvalue weighted by Crippen LogP contribution is -2.47. The van der Waals surface area contributed by atoms with E-state index in [0.717, 1.165) is 5.56 Å². The fourth-order valence-corrected chi connectivity index (χ4v) is 3.52. The number of nitrogens with one attached hydrogen (secondary N) is 2. The number of piperidine rings is 1. The largest absolute Gasteiger partial charge is 0.319 e. The fraction of sp³-hybridized carbons (Fsp3) is 0.381. The lowest BCUT2D eigenvalue weighted by Gasteiger charge is -2.34. The van der Waals surface area contributed by atoms with Gasteiger partial charge in [0.1, 0.15) is 11.5 Å². The number of pyridine rings is 1. The van der Waals surface area contributed by atoms with Crippen molar-refractivity contribution in [3.05, 3.63) is 58.3 Å². The molecule has 1 fully saturated rings. The zero-order chi connectivity index (χ0) is 21.7. The van der Waals surface area contributed by atoms with E-state index in [1.165, 1.54) is 12.1 Å². The van der Waals surface area contributed by atoms with Gasteiger partial charge < -0.3 is 10.6 Å². The molecule has 2 heterocycles. The number of amides is 2. The Bertz CT molecular complexity index is 940. The average molecular weight is 411 g/mol. The number of hydrogen-bond donors (Lipinski definition) is 2. The van der Waals surface area contributed by atoms with E-state index in [0.29, 0.717) is 31.7 Å². The predicted octanol–water partition coefficient (Wildman–Crippen LogP) is 2.98. The maximum Gasteiger partial charge on any atom is 0.292 e. The molecule has 9 heteroatoms. The molecule has 1 unspecified atom stereocenters. The van der Waals surface area contributed by atoms with Gasteiger partial charge in [-0.1, -0.05) is 12.1 Å². The topological polar surface area (TPSA) is 117 Å². The summed E-state index contributed by atoms with van der Waals surface area (Å²) in [5.74, 6) is 0.0228. The van der Waals surface area contributed by atoms with Crippen LogP contribution in [-0.2, 0) is 9.59 Å². The molecule has 158 valence electrons. The van der Waals surface area contributed by atoms with Crippen LogP contribution in [0, 0.1) is 23.0 Å². The highest BCUT2D eigenvalue weighted by atomic mass is 16.6. The molecule has 0 spiro atoms. The number of hydrogen-bond acceptors (Lipinski definition) is 6. The molecule has 9 nitrogen and oxygen atoms in total. The smallest absolute Gasteiger partial charge is 0.292 e. The first-order valence-corrected chi connectivity index (χ1v) is 9.87. The minimum absolute atomic E-state index is 0.0650. The molecule has 30 heavy (non-hydrogen) atoms. The third-order valence-corrected chi connectivity index (χ3v) is 5.35. The Kier molecular flexibility index (Phi) is 6.73. The van der Waals surface area contributed by atoms with Crippen molar-refractivity contribution in [2.75, 3.05) is 23.7 Å². The Balaban J connectivity index is 1.53. The minimum atomic E-state index is -0.520. The van der Waals surface area contributed by atoms with Crippen LogP contribution < -0.4 is 10.6 Å². The first-order chi connectivity index (χ1) is 14.3. The first kappa shape index (κ1) is 21.4. The Morgan fingerprint density at radius 1 is 1.20 bits per heavy atom. The van der Waals surface area contributed by atoms with Crippen molar-refractivity contribution >= 4 is 29.0 Å². The number of rotatable bonds is 6. The molecule has 1 aromatic carbocycles. The summed E-state index contributed by atoms with van der Waals surface area (Å²) in [5, 5.41) is 16.6. The Hall–Kier alpha value is -3.33. The number of likely N-dealkylation sites (tertiary alicyclic amines) is 1. The molecule has 0 bridgehead atoms. The van der Waals surface area contributed by atoms with E-state index in [1.54, 1.807) is 25.3 Å². The Labute approximate surface area is 174 Å². The number of aromatic nitrogens is 1. The van der Waals surface area contributed by atoms with Crippen LogP contribution >= 0.6 is 0 Å². The van der Waals surface area contributed by atoms with Crippen LogP contribution in [0.15, 0.2) is 42.6 Å². The van der Waals surface area contributed by atoms with Crippen molar-refractivity contribution in [1.82, 2.24) is 9.88 Å². The average Bonchev–Trinajstić information content (AvgIpc) is 2.73. The molecule has 3 rings (SSSR count). The van der Waals surface area contributed by atoms with Gasteiger partial charge in [0.25, 0.3) is 5.69 Å². The zero-order valence-corrected chi connectivity index (χ0v) is 17.0. The summed E-state index contributed by atoms with van der Waals surface area (Å²) in [6, 6.07) is 9.28. The number of carbonyl (C=O) groups is 2. The molecule has 0 radical (unpaired) electrons. The van der Waals surface area contributed by atoms with Crippen molar-refractivity contribution in [2.45, 2.75) is 32.7 Å². The van der Waals surface area contributed by atoms with Crippen LogP contribution in [0.2, 0.25) is 0 Å². The van der Waals surface area contributed by atoms with E-state index in [2.05, 4.69) is 15.6 Å². The van der Waals surface area contributed by atoms with Gasteiger partial charge in [-0.05, 0) is 63.5 Å². The van der Waals surface area contributed by atoms with E-state index in [-0.39, 0.29) is 29.1 Å². The molecular formula is C21H25N5O4. The Morgan fingerprint density at radius 2 is 1.90 bits per heavy atom. The number of nitro benzene ring substituents is 1. The highest BCUT2D eigenvalue weighted by Gasteiger charge is 2.30. The summed E-state index contributed by atoms with van der Waals surface area (Å²) in [6.45, 7) is 4.88. The number of benzene rings is 1. The summed E-state index contributed by atoms with van der Waals surface area (Å²) >= 11 is 0. The second-order valence-corrected chi connectivity index (χ2v) is 7.46. The third kappa shape index (κ3) is 5.18. The third-order valence-electron chi connectivity index (χ3n) is 5.35. The number of anilines is 2. The van der Waals surface area contributed by atoms with Crippen molar-refractivity contribution in [3.8, 4) is 0 Å². The van der Waals surface area contributed by atoms with Crippen LogP contribution in [0.3, 0.4) is 0 Å². The fourth-order valence-electron chi connectivity index (χ4n) is 3.52. The second kappa shape index (κ2) is 9.45. The van der Waals surface area contributed by atoms with Crippen LogP contribution in [0.5, 0.6) is 0 Å². The maximum absolute atomic E-state index is 12.6. The van der Waals surface area contributed by atoms with E-state index in [1.807, 2.05) is 24.0 Å². The lowest BCUT2D eigenvalue weighted by atomic mass is 9.95. The normalized spacial score (nSPS) is 15.9. The van der Waals surface area contributed by atoms with Gasteiger partial charge in [0.05, 0.1) is 11.0 Å². The highest BCUT2D eigenvalue weighted by Crippen LogP contribution is 2.25. The molecule has 0 saturated carbocycles. The summed E-state index contributed by atoms with van der Waals surface area (Å²) in [6.07, 6.45) is 2.91. The number of aryl methyl sites for hydroxylation is 1. The summed E-state index contributed by atoms with van der Waals surface area (Å²) in [5.41, 5.74) is 1.06. The van der Waals surface area contributed by atoms with Gasteiger partial charge in [0.15, 0.2) is 0 Å². The molecular weight excluding hydrogens is 386 g/mol. The summed E-state index contributed by atoms with van der Waals surface area (Å²) < 4.78 is 0. The van der Waals surface area contributed by atoms with Crippen LogP contribution in [0.25, 0.3) is 0 Å². The van der Waals surface area contributed by atoms with E-state index in [9.17, 15) is 19.7 Å². The number of nitro groups is 1. The molecule has 1 aliphatic heterocycles. The predicted molar refractivity (Wildman–Crippen MR) is 113 cm³/mol. The van der Waals surface area contributed by atoms with Gasteiger partial charge in [-0.2, -0.15) is 0 Å². The van der Waals surface area contributed by atoms with Crippen molar-refractivity contribution in [3.63, 3.8) is 0 Å². The quantitative estimate of drug-likeness (QED) is 0.557. The van der Waals surface area contributed by atoms with Gasteiger partial charge >= 0.3 is 0 Å². The van der Waals surface area contributed by atoms with Gasteiger partial charge in [-0.15, -0.1) is 0 Å². The number of para-hydroxylation sites is 2. The van der Waals surface area contributed by atoms with Crippen molar-refractivity contribution < 1.29 is 14.5 Å². The number of nitrogens with zero attached hydrogens (tertiary/aromatic N) is 3. The number of carbonyl (C=O) groups excluding carboxylic acids is 2. The summed E-state index contributed by atoms with van der Waals surface area (Å²) in [7, 11) is 0. The molecule has 1 atom stereocenters. The van der Waals surface area contributed by atoms with Crippen molar-refractivity contribution in [2.24, 2.45) is 5.92 Å². The van der Waals surface area contributed by atoms with Crippen LogP contribution in [0.1, 0.15) is 25.3 Å². The molecule has 1 aliphatic rings. The second-order valence-electron chi connectivity index (χ2n) is 7.46. The molecule has 1 aromatic heterocycles. The maximum atomic E-state index is 12.6. The van der Waals surface area contributed by atoms with E-state index < -0.39 is 11.0 Å². The standard InChI is InChI=1S/C21H25N5O4/c1-14-7-10-22-19(13-14)24-21(28)16-8-11-25(12-9-16)15(2)20(27)23-17-5-3-4-6-18(17)26(29)30/h3-7,10,13,15-16H,8-9,11-12H2,1-2H3,(H,23,27)(H,22,24,28). The van der Waals surface area contributed by atoms with Gasteiger partial charge in [0, 0.05) is 18.2 Å². The molecule has 1 saturated heterocycles. The van der Waals surface area contributed by atoms with Gasteiger partial charge in [-0.3, -0.25) is 24.6 Å². The monoisotopic (exact) mass is 411 g/mol. The Morgan fingerprint density at radius 3 is 2.57 bits per heavy atom.